The maximum absolute atomic E-state index is 13.5. The molecule has 0 radical (unpaired) electrons. The Hall–Kier alpha value is -0.180. The molecule has 1 aliphatic heterocycles. The molecule has 0 saturated carbocycles. The first kappa shape index (κ1) is 11.9. The quantitative estimate of drug-likeness (QED) is 0.670. The summed E-state index contributed by atoms with van der Waals surface area (Å²) in [5.74, 6) is -2.87. The van der Waals surface area contributed by atoms with E-state index in [4.69, 9.17) is 0 Å². The summed E-state index contributed by atoms with van der Waals surface area (Å²) in [5.41, 5.74) is 0. The van der Waals surface area contributed by atoms with E-state index in [2.05, 4.69) is 18.7 Å². The summed E-state index contributed by atoms with van der Waals surface area (Å²) in [6.07, 6.45) is 0.0219. The van der Waals surface area contributed by atoms with Gasteiger partial charge in [-0.05, 0) is 19.8 Å². The van der Waals surface area contributed by atoms with Gasteiger partial charge in [-0.1, -0.05) is 13.8 Å². The van der Waals surface area contributed by atoms with Crippen molar-refractivity contribution in [3.05, 3.63) is 0 Å². The van der Waals surface area contributed by atoms with Crippen molar-refractivity contribution in [2.75, 3.05) is 13.1 Å². The van der Waals surface area contributed by atoms with Crippen molar-refractivity contribution < 1.29 is 8.78 Å². The summed E-state index contributed by atoms with van der Waals surface area (Å²) < 4.78 is 27.1. The molecule has 0 aromatic rings. The van der Waals surface area contributed by atoms with Crippen LogP contribution in [0.4, 0.5) is 8.78 Å². The van der Waals surface area contributed by atoms with Crippen LogP contribution in [-0.2, 0) is 0 Å². The molecule has 1 atom stereocenters. The average molecular weight is 205 g/mol. The summed E-state index contributed by atoms with van der Waals surface area (Å²) in [6.45, 7) is 9.00. The van der Waals surface area contributed by atoms with Gasteiger partial charge in [-0.3, -0.25) is 0 Å². The Bertz CT molecular complexity index is 190. The van der Waals surface area contributed by atoms with Crippen LogP contribution in [0.3, 0.4) is 0 Å². The SMILES string of the molecule is CC(C)[C@@H]1CN(C(C)C)CCC1(F)F. The summed E-state index contributed by atoms with van der Waals surface area (Å²) in [6, 6.07) is 0.382. The highest BCUT2D eigenvalue weighted by molar-refractivity contribution is 4.88. The Kier molecular flexibility index (Phi) is 3.51. The van der Waals surface area contributed by atoms with Crippen molar-refractivity contribution in [2.45, 2.75) is 46.1 Å². The van der Waals surface area contributed by atoms with Gasteiger partial charge in [-0.2, -0.15) is 0 Å². The topological polar surface area (TPSA) is 3.24 Å². The van der Waals surface area contributed by atoms with Gasteiger partial charge in [-0.25, -0.2) is 8.78 Å². The van der Waals surface area contributed by atoms with Crippen LogP contribution in [0.25, 0.3) is 0 Å². The van der Waals surface area contributed by atoms with Crippen molar-refractivity contribution >= 4 is 0 Å². The second-order valence-electron chi connectivity index (χ2n) is 4.95. The van der Waals surface area contributed by atoms with Gasteiger partial charge < -0.3 is 4.90 Å². The predicted molar refractivity (Wildman–Crippen MR) is 54.6 cm³/mol. The van der Waals surface area contributed by atoms with Crippen molar-refractivity contribution in [2.24, 2.45) is 11.8 Å². The second kappa shape index (κ2) is 4.13. The van der Waals surface area contributed by atoms with Crippen LogP contribution >= 0.6 is 0 Å². The molecule has 1 nitrogen and oxygen atoms in total. The van der Waals surface area contributed by atoms with Gasteiger partial charge in [0, 0.05) is 31.5 Å². The minimum absolute atomic E-state index is 0.0219. The molecule has 0 aliphatic carbocycles. The lowest BCUT2D eigenvalue weighted by Crippen LogP contribution is -2.51. The van der Waals surface area contributed by atoms with Crippen molar-refractivity contribution in [3.8, 4) is 0 Å². The van der Waals surface area contributed by atoms with Crippen molar-refractivity contribution in [3.63, 3.8) is 0 Å². The molecule has 0 aromatic carbocycles. The molecule has 84 valence electrons. The van der Waals surface area contributed by atoms with Crippen LogP contribution in [-0.4, -0.2) is 30.0 Å². The molecular weight excluding hydrogens is 184 g/mol. The van der Waals surface area contributed by atoms with Gasteiger partial charge >= 0.3 is 0 Å². The number of likely N-dealkylation sites (tertiary alicyclic amines) is 1. The Morgan fingerprint density at radius 1 is 1.21 bits per heavy atom. The predicted octanol–water partition coefficient (Wildman–Crippen LogP) is 3.01. The summed E-state index contributed by atoms with van der Waals surface area (Å²) >= 11 is 0. The van der Waals surface area contributed by atoms with E-state index in [0.717, 1.165) is 0 Å². The highest BCUT2D eigenvalue weighted by atomic mass is 19.3. The maximum atomic E-state index is 13.5. The number of nitrogens with zero attached hydrogens (tertiary/aromatic N) is 1. The van der Waals surface area contributed by atoms with Crippen LogP contribution in [0.1, 0.15) is 34.1 Å². The summed E-state index contributed by atoms with van der Waals surface area (Å²) in [5, 5.41) is 0. The molecule has 14 heavy (non-hydrogen) atoms. The Balaban J connectivity index is 2.68. The third-order valence-electron chi connectivity index (χ3n) is 3.24. The molecule has 0 aromatic heterocycles. The standard InChI is InChI=1S/C11H21F2N/c1-8(2)10-7-14(9(3)4)6-5-11(10,12)13/h8-10H,5-7H2,1-4H3/t10-/m0/s1. The van der Waals surface area contributed by atoms with Crippen LogP contribution in [0.15, 0.2) is 0 Å². The van der Waals surface area contributed by atoms with E-state index in [9.17, 15) is 8.78 Å². The van der Waals surface area contributed by atoms with E-state index in [-0.39, 0.29) is 12.3 Å². The molecule has 0 amide bonds. The molecular formula is C11H21F2N. The molecule has 0 bridgehead atoms. The van der Waals surface area contributed by atoms with E-state index in [1.54, 1.807) is 0 Å². The van der Waals surface area contributed by atoms with E-state index >= 15 is 0 Å². The van der Waals surface area contributed by atoms with Gasteiger partial charge in [0.15, 0.2) is 0 Å². The zero-order valence-electron chi connectivity index (χ0n) is 9.56. The normalized spacial score (nSPS) is 28.7. The van der Waals surface area contributed by atoms with Crippen LogP contribution in [0.5, 0.6) is 0 Å². The maximum Gasteiger partial charge on any atom is 0.253 e. The van der Waals surface area contributed by atoms with Gasteiger partial charge in [-0.15, -0.1) is 0 Å². The second-order valence-corrected chi connectivity index (χ2v) is 4.95. The van der Waals surface area contributed by atoms with Gasteiger partial charge in [0.1, 0.15) is 0 Å². The Labute approximate surface area is 85.5 Å². The fourth-order valence-electron chi connectivity index (χ4n) is 2.12. The van der Waals surface area contributed by atoms with Crippen molar-refractivity contribution in [1.82, 2.24) is 4.90 Å². The van der Waals surface area contributed by atoms with Gasteiger partial charge in [0.25, 0.3) is 5.92 Å². The fraction of sp³-hybridized carbons (Fsp3) is 1.00. The van der Waals surface area contributed by atoms with Gasteiger partial charge in [0.2, 0.25) is 0 Å². The molecule has 1 saturated heterocycles. The molecule has 1 fully saturated rings. The lowest BCUT2D eigenvalue weighted by Gasteiger charge is -2.42. The van der Waals surface area contributed by atoms with Crippen LogP contribution in [0.2, 0.25) is 0 Å². The first-order valence-corrected chi connectivity index (χ1v) is 5.46. The van der Waals surface area contributed by atoms with E-state index in [1.807, 2.05) is 13.8 Å². The molecule has 0 unspecified atom stereocenters. The molecule has 0 spiro atoms. The van der Waals surface area contributed by atoms with E-state index in [1.165, 1.54) is 0 Å². The van der Waals surface area contributed by atoms with Crippen LogP contribution < -0.4 is 0 Å². The lowest BCUT2D eigenvalue weighted by atomic mass is 9.84. The zero-order chi connectivity index (χ0) is 10.9. The van der Waals surface area contributed by atoms with E-state index in [0.29, 0.717) is 19.1 Å². The average Bonchev–Trinajstić information content (AvgIpc) is 2.02. The highest BCUT2D eigenvalue weighted by Gasteiger charge is 2.45. The number of alkyl halides is 2. The third kappa shape index (κ3) is 2.44. The van der Waals surface area contributed by atoms with Crippen molar-refractivity contribution in [1.29, 1.82) is 0 Å². The number of rotatable bonds is 2. The minimum Gasteiger partial charge on any atom is -0.300 e. The number of halogens is 2. The summed E-state index contributed by atoms with van der Waals surface area (Å²) in [7, 11) is 0. The molecule has 1 rings (SSSR count). The Morgan fingerprint density at radius 2 is 1.79 bits per heavy atom. The minimum atomic E-state index is -2.46. The molecule has 0 N–H and O–H groups in total. The summed E-state index contributed by atoms with van der Waals surface area (Å²) in [4.78, 5) is 2.15. The Morgan fingerprint density at radius 3 is 2.21 bits per heavy atom. The van der Waals surface area contributed by atoms with Crippen LogP contribution in [0, 0.1) is 11.8 Å². The molecule has 1 heterocycles. The molecule has 3 heteroatoms. The lowest BCUT2D eigenvalue weighted by molar-refractivity contribution is -0.125. The number of hydrogen-bond donors (Lipinski definition) is 0. The first-order chi connectivity index (χ1) is 6.34. The molecule has 1 aliphatic rings. The highest BCUT2D eigenvalue weighted by Crippen LogP contribution is 2.38. The first-order valence-electron chi connectivity index (χ1n) is 5.46. The zero-order valence-corrected chi connectivity index (χ0v) is 9.56. The monoisotopic (exact) mass is 205 g/mol. The smallest absolute Gasteiger partial charge is 0.253 e. The largest absolute Gasteiger partial charge is 0.300 e. The van der Waals surface area contributed by atoms with E-state index < -0.39 is 11.8 Å². The van der Waals surface area contributed by atoms with Gasteiger partial charge in [0.05, 0.1) is 0 Å². The fourth-order valence-corrected chi connectivity index (χ4v) is 2.12. The third-order valence-corrected chi connectivity index (χ3v) is 3.24. The number of piperidine rings is 1. The number of hydrogen-bond acceptors (Lipinski definition) is 1.